The zero-order valence-electron chi connectivity index (χ0n) is 50.9. The lowest BCUT2D eigenvalue weighted by atomic mass is 9.98. The van der Waals surface area contributed by atoms with Crippen LogP contribution in [0.25, 0.3) is 0 Å². The van der Waals surface area contributed by atoms with Gasteiger partial charge in [0.05, 0.1) is 19.1 Å². The highest BCUT2D eigenvalue weighted by Gasteiger charge is 2.36. The highest BCUT2D eigenvalue weighted by molar-refractivity contribution is 5.99. The van der Waals surface area contributed by atoms with Gasteiger partial charge in [-0.3, -0.25) is 62.9 Å². The third kappa shape index (κ3) is 27.7. The fraction of sp³-hybridized carbons (Fsp3) is 0.450. The smallest absolute Gasteiger partial charge is 0.303 e. The molecule has 20 N–H and O–H groups in total. The van der Waals surface area contributed by atoms with E-state index in [4.69, 9.17) is 16.9 Å². The van der Waals surface area contributed by atoms with Crippen LogP contribution in [0.15, 0.2) is 103 Å². The Morgan fingerprint density at radius 2 is 1.20 bits per heavy atom. The van der Waals surface area contributed by atoms with E-state index >= 15 is 0 Å². The van der Waals surface area contributed by atoms with Crippen molar-refractivity contribution in [2.45, 2.75) is 140 Å². The molecule has 0 spiro atoms. The van der Waals surface area contributed by atoms with Crippen molar-refractivity contribution in [3.63, 3.8) is 0 Å². The summed E-state index contributed by atoms with van der Waals surface area (Å²) in [6.45, 7) is 9.69. The number of carbonyl (C=O) groups is 12. The molecule has 0 radical (unpaired) electrons. The normalized spacial score (nSPS) is 16.2. The number of rotatable bonds is 36. The Morgan fingerprint density at radius 1 is 0.644 bits per heavy atom. The van der Waals surface area contributed by atoms with E-state index in [1.165, 1.54) is 31.3 Å². The average Bonchev–Trinajstić information content (AvgIpc) is 2.18. The molecule has 0 saturated carbocycles. The molecule has 0 unspecified atom stereocenters. The number of aliphatic hydroxyl groups is 1. The zero-order valence-corrected chi connectivity index (χ0v) is 50.9. The maximum absolute atomic E-state index is 14.2. The molecular weight excluding hydrogens is 1170 g/mol. The summed E-state index contributed by atoms with van der Waals surface area (Å²) >= 11 is 0. The summed E-state index contributed by atoms with van der Waals surface area (Å²) in [5.41, 5.74) is 13.3. The molecule has 30 heteroatoms. The van der Waals surface area contributed by atoms with Crippen molar-refractivity contribution < 1.29 is 72.9 Å². The number of phenolic OH excluding ortho intramolecular Hbond substituents is 1. The number of benzene rings is 2. The Bertz CT molecular complexity index is 2970. The van der Waals surface area contributed by atoms with Gasteiger partial charge in [-0.15, -0.1) is 0 Å². The molecule has 1 aliphatic heterocycles. The summed E-state index contributed by atoms with van der Waals surface area (Å²) in [5, 5.41) is 68.6. The van der Waals surface area contributed by atoms with Crippen LogP contribution in [0, 0.1) is 11.3 Å². The number of carboxylic acid groups (broad SMARTS) is 1. The van der Waals surface area contributed by atoms with E-state index in [0.717, 1.165) is 13.8 Å². The van der Waals surface area contributed by atoms with Crippen LogP contribution in [0.1, 0.15) is 83.8 Å². The fourth-order valence-corrected chi connectivity index (χ4v) is 8.85. The van der Waals surface area contributed by atoms with Gasteiger partial charge in [-0.05, 0) is 72.9 Å². The number of aromatic hydroxyl groups is 1. The summed E-state index contributed by atoms with van der Waals surface area (Å²) in [7, 11) is 1.53. The number of aliphatic hydroxyl groups excluding tert-OH is 1. The lowest BCUT2D eigenvalue weighted by Crippen LogP contribution is -2.62. The number of nitrogens with two attached hydrogens (primary N) is 2. The molecule has 1 aliphatic rings. The van der Waals surface area contributed by atoms with E-state index in [9.17, 15) is 72.9 Å². The summed E-state index contributed by atoms with van der Waals surface area (Å²) in [4.78, 5) is 160. The molecule has 90 heavy (non-hydrogen) atoms. The number of guanidine groups is 1. The predicted molar refractivity (Wildman–Crippen MR) is 329 cm³/mol. The van der Waals surface area contributed by atoms with Crippen LogP contribution in [0.4, 0.5) is 0 Å². The molecule has 490 valence electrons. The van der Waals surface area contributed by atoms with Gasteiger partial charge < -0.3 is 90.6 Å². The highest BCUT2D eigenvalue weighted by Crippen LogP contribution is 2.18. The predicted octanol–water partition coefficient (Wildman–Crippen LogP) is -3.09. The van der Waals surface area contributed by atoms with Gasteiger partial charge in [-0.25, -0.2) is 0 Å². The SMILES string of the molecule is C=C1/C=C\C=C/CN/C=C\1C[C@H](NC(=O)[C@H](CCCNC(=N)NC)NC(=O)[C@H](CC(C)C)NC(=O)CNC(=O)[C@H](Cc1ccccc1)NC(=O)[C@@H](NC(=O)[C@H](CC(N)=O)NC(=O)[C@H](CCC(=O)O)NC(=O)[C@@H](Cc1ccc(O)cc1)NC(C)=O)[C@@H](C)O)C(N)=O. The number of primary amides is 2. The van der Waals surface area contributed by atoms with Gasteiger partial charge in [0.25, 0.3) is 0 Å². The Hall–Kier alpha value is -10.1. The Balaban J connectivity index is 1.84. The number of carboxylic acids is 1. The van der Waals surface area contributed by atoms with Crippen molar-refractivity contribution in [1.29, 1.82) is 5.41 Å². The van der Waals surface area contributed by atoms with Gasteiger partial charge in [0.15, 0.2) is 5.96 Å². The van der Waals surface area contributed by atoms with Crippen molar-refractivity contribution in [3.05, 3.63) is 114 Å². The number of hydrogen-bond donors (Lipinski definition) is 18. The lowest BCUT2D eigenvalue weighted by molar-refractivity contribution is -0.139. The van der Waals surface area contributed by atoms with E-state index < -0.39 is 151 Å². The first kappa shape index (κ1) is 74.1. The first-order valence-corrected chi connectivity index (χ1v) is 29.0. The second-order valence-corrected chi connectivity index (χ2v) is 21.6. The van der Waals surface area contributed by atoms with Crippen molar-refractivity contribution in [2.75, 3.05) is 26.7 Å². The van der Waals surface area contributed by atoms with Gasteiger partial charge in [-0.2, -0.15) is 0 Å². The third-order valence-electron chi connectivity index (χ3n) is 13.6. The monoisotopic (exact) mass is 1260 g/mol. The number of hydrogen-bond acceptors (Lipinski definition) is 16. The average molecular weight is 1260 g/mol. The van der Waals surface area contributed by atoms with Crippen LogP contribution >= 0.6 is 0 Å². The largest absolute Gasteiger partial charge is 0.508 e. The Kier molecular flexibility index (Phi) is 31.5. The molecule has 0 saturated heterocycles. The number of nitrogens with one attached hydrogen (secondary N) is 13. The first-order chi connectivity index (χ1) is 42.6. The third-order valence-corrected chi connectivity index (χ3v) is 13.6. The van der Waals surface area contributed by atoms with Crippen molar-refractivity contribution in [2.24, 2.45) is 17.4 Å². The molecule has 30 nitrogen and oxygen atoms in total. The van der Waals surface area contributed by atoms with Crippen LogP contribution in [-0.4, -0.2) is 173 Å². The number of aliphatic carboxylic acids is 1. The minimum absolute atomic E-state index is 0.00377. The highest BCUT2D eigenvalue weighted by atomic mass is 16.4. The van der Waals surface area contributed by atoms with Crippen molar-refractivity contribution in [1.82, 2.24) is 63.8 Å². The second-order valence-electron chi connectivity index (χ2n) is 21.6. The Morgan fingerprint density at radius 3 is 1.78 bits per heavy atom. The van der Waals surface area contributed by atoms with E-state index in [2.05, 4.69) is 70.4 Å². The summed E-state index contributed by atoms with van der Waals surface area (Å²) in [5.74, 6) is -12.4. The van der Waals surface area contributed by atoms with Crippen molar-refractivity contribution in [3.8, 4) is 5.75 Å². The van der Waals surface area contributed by atoms with Crippen LogP contribution < -0.4 is 75.3 Å². The molecule has 0 aromatic heterocycles. The summed E-state index contributed by atoms with van der Waals surface area (Å²) < 4.78 is 0. The number of allylic oxidation sites excluding steroid dienone is 4. The van der Waals surface area contributed by atoms with Gasteiger partial charge >= 0.3 is 5.97 Å². The van der Waals surface area contributed by atoms with Crippen molar-refractivity contribution >= 4 is 76.9 Å². The quantitative estimate of drug-likeness (QED) is 0.0183. The van der Waals surface area contributed by atoms with E-state index in [1.54, 1.807) is 62.5 Å². The van der Waals surface area contributed by atoms with Crippen LogP contribution in [0.2, 0.25) is 0 Å². The van der Waals surface area contributed by atoms with Gasteiger partial charge in [-0.1, -0.05) is 87.2 Å². The first-order valence-electron chi connectivity index (χ1n) is 29.0. The molecule has 2 aromatic rings. The molecule has 2 aromatic carbocycles. The van der Waals surface area contributed by atoms with E-state index in [0.29, 0.717) is 28.8 Å². The molecule has 11 amide bonds. The molecule has 3 rings (SSSR count). The summed E-state index contributed by atoms with van der Waals surface area (Å²) in [6, 6.07) is 1.51. The molecule has 1 heterocycles. The van der Waals surface area contributed by atoms with Crippen LogP contribution in [-0.2, 0) is 70.4 Å². The molecule has 0 bridgehead atoms. The van der Waals surface area contributed by atoms with Crippen LogP contribution in [0.5, 0.6) is 5.75 Å². The Labute approximate surface area is 521 Å². The van der Waals surface area contributed by atoms with Crippen LogP contribution in [0.3, 0.4) is 0 Å². The fourth-order valence-electron chi connectivity index (χ4n) is 8.85. The maximum Gasteiger partial charge on any atom is 0.303 e. The number of carbonyl (C=O) groups excluding carboxylic acids is 11. The van der Waals surface area contributed by atoms with Gasteiger partial charge in [0, 0.05) is 58.9 Å². The zero-order chi connectivity index (χ0) is 67.0. The van der Waals surface area contributed by atoms with Gasteiger partial charge in [0.1, 0.15) is 54.1 Å². The molecular formula is C60H85N15O15. The molecule has 0 fully saturated rings. The lowest BCUT2D eigenvalue weighted by Gasteiger charge is -2.28. The second kappa shape index (κ2) is 38.2. The summed E-state index contributed by atoms with van der Waals surface area (Å²) in [6.07, 6.45) is 4.67. The minimum Gasteiger partial charge on any atom is -0.508 e. The van der Waals surface area contributed by atoms with Gasteiger partial charge in [0.2, 0.25) is 65.0 Å². The minimum atomic E-state index is -1.93. The maximum atomic E-state index is 14.2. The van der Waals surface area contributed by atoms with E-state index in [-0.39, 0.29) is 62.7 Å². The van der Waals surface area contributed by atoms with E-state index in [1.807, 2.05) is 12.2 Å². The standard InChI is InChI=1S/C60H85N15O15/c1-33(2)26-44(56(87)70-41(17-13-25-66-60(63)64-6)54(85)72-43(52(62)83)29-39-31-65-24-12-8-9-14-34(39)3)69-49(80)32-67-53(84)45(27-37-15-10-7-11-16-37)74-59(90)51(35(4)76)75-58(89)47(30-48(61)79)73-55(86)42(22-23-50(81)82)71-57(88)46(68-36(5)77)28-38-18-20-40(78)21-19-38/h7-12,14-16,18-21,31,33,35,41-47,51,65,76,78H,3,13,17,22-30,32H2,1-2,4-6H3,(H2,61,79)(H2,62,83)(H,67,84)(H,68,77)(H,69,80)(H,70,87)(H,71,88)(H,72,85)(H,73,86)(H,74,90)(H,75,89)(H,81,82)(H3,63,64,66)/b12-8-,14-9-,39-31-/t35-,41+,42+,43+,44+,45+,46-,47+,51+/m1/s1. The molecule has 0 aliphatic carbocycles. The molecule has 9 atom stereocenters. The topological polar surface area (TPSA) is 486 Å². The number of amides is 11. The number of phenols is 1.